The van der Waals surface area contributed by atoms with Gasteiger partial charge in [0, 0.05) is 26.0 Å². The molecular weight excluding hydrogens is 426 g/mol. The zero-order valence-corrected chi connectivity index (χ0v) is 18.6. The molecule has 3 aromatic rings. The number of imidazole rings is 1. The number of carbonyl (C=O) groups is 2. The average Bonchev–Trinajstić information content (AvgIpc) is 3.51. The molecule has 174 valence electrons. The summed E-state index contributed by atoms with van der Waals surface area (Å²) in [5, 5.41) is 5.44. The molecule has 2 amide bonds. The van der Waals surface area contributed by atoms with Crippen molar-refractivity contribution in [3.63, 3.8) is 0 Å². The zero-order chi connectivity index (χ0) is 23.2. The largest absolute Gasteiger partial charge is 0.486 e. The summed E-state index contributed by atoms with van der Waals surface area (Å²) in [7, 11) is 1.56. The summed E-state index contributed by atoms with van der Waals surface area (Å²) in [5.41, 5.74) is 2.35. The van der Waals surface area contributed by atoms with Crippen molar-refractivity contribution in [1.82, 2.24) is 25.6 Å². The predicted octanol–water partition coefficient (Wildman–Crippen LogP) is 2.22. The van der Waals surface area contributed by atoms with E-state index in [0.29, 0.717) is 49.9 Å². The van der Waals surface area contributed by atoms with Crippen LogP contribution in [0.1, 0.15) is 34.8 Å². The van der Waals surface area contributed by atoms with Crippen molar-refractivity contribution >= 4 is 11.8 Å². The summed E-state index contributed by atoms with van der Waals surface area (Å²) >= 11 is 0. The summed E-state index contributed by atoms with van der Waals surface area (Å²) in [4.78, 5) is 36.7. The molecule has 0 aromatic carbocycles. The summed E-state index contributed by atoms with van der Waals surface area (Å²) in [5.74, 6) is 0.478. The monoisotopic (exact) mass is 453 g/mol. The van der Waals surface area contributed by atoms with Crippen molar-refractivity contribution < 1.29 is 23.5 Å². The maximum absolute atomic E-state index is 12.8. The number of hydrogen-bond acceptors (Lipinski definition) is 7. The first-order chi connectivity index (χ1) is 16.0. The number of ether oxygens (including phenoxy) is 2. The lowest BCUT2D eigenvalue weighted by atomic mass is 9.91. The van der Waals surface area contributed by atoms with Crippen LogP contribution in [0.5, 0.6) is 5.75 Å². The summed E-state index contributed by atoms with van der Waals surface area (Å²) in [6, 6.07) is 6.13. The van der Waals surface area contributed by atoms with Gasteiger partial charge in [0.15, 0.2) is 11.5 Å². The number of hydrogen-bond donors (Lipinski definition) is 3. The summed E-state index contributed by atoms with van der Waals surface area (Å²) in [6.07, 6.45) is 4.63. The zero-order valence-electron chi connectivity index (χ0n) is 18.6. The Labute approximate surface area is 191 Å². The second kappa shape index (κ2) is 10.3. The second-order valence-electron chi connectivity index (χ2n) is 7.82. The number of rotatable bonds is 8. The number of pyridine rings is 1. The fraction of sp³-hybridized carbons (Fsp3) is 0.391. The van der Waals surface area contributed by atoms with Gasteiger partial charge in [0.05, 0.1) is 18.2 Å². The van der Waals surface area contributed by atoms with Crippen LogP contribution in [0.25, 0.3) is 11.5 Å². The third-order valence-electron chi connectivity index (χ3n) is 5.68. The first-order valence-corrected chi connectivity index (χ1v) is 10.8. The van der Waals surface area contributed by atoms with Gasteiger partial charge in [0.25, 0.3) is 5.91 Å². The van der Waals surface area contributed by atoms with Gasteiger partial charge in [-0.05, 0) is 49.9 Å². The van der Waals surface area contributed by atoms with Crippen LogP contribution in [0.2, 0.25) is 0 Å². The van der Waals surface area contributed by atoms with E-state index in [1.807, 2.05) is 6.92 Å². The normalized spacial score (nSPS) is 15.1. The highest BCUT2D eigenvalue weighted by Gasteiger charge is 2.31. The van der Waals surface area contributed by atoms with E-state index in [9.17, 15) is 9.59 Å². The van der Waals surface area contributed by atoms with Gasteiger partial charge in [0.1, 0.15) is 24.1 Å². The Balaban J connectivity index is 1.39. The molecule has 1 fully saturated rings. The third kappa shape index (κ3) is 5.40. The second-order valence-corrected chi connectivity index (χ2v) is 7.82. The Hall–Kier alpha value is -3.66. The third-order valence-corrected chi connectivity index (χ3v) is 5.68. The highest BCUT2D eigenvalue weighted by atomic mass is 16.5. The lowest BCUT2D eigenvalue weighted by Crippen LogP contribution is -2.51. The van der Waals surface area contributed by atoms with Crippen molar-refractivity contribution in [2.75, 3.05) is 20.3 Å². The Morgan fingerprint density at radius 3 is 2.70 bits per heavy atom. The van der Waals surface area contributed by atoms with Crippen molar-refractivity contribution in [1.29, 1.82) is 0 Å². The standard InChI is InChI=1S/C23H27N5O5/c1-14-18(27-13-26-14)12-32-16-3-4-17(25-11-16)19-5-6-20(33-19)22(29)28-21(23(30)24-2)15-7-9-31-10-8-15/h3-6,11,13,15,21H,7-10,12H2,1-2H3,(H,24,30)(H,26,27)(H,28,29)/t21-/m0/s1. The maximum atomic E-state index is 12.8. The first kappa shape index (κ1) is 22.5. The lowest BCUT2D eigenvalue weighted by Gasteiger charge is -2.29. The van der Waals surface area contributed by atoms with Crippen molar-refractivity contribution in [2.24, 2.45) is 5.92 Å². The molecule has 0 bridgehead atoms. The summed E-state index contributed by atoms with van der Waals surface area (Å²) in [6.45, 7) is 3.41. The molecule has 0 radical (unpaired) electrons. The van der Waals surface area contributed by atoms with Crippen molar-refractivity contribution in [2.45, 2.75) is 32.4 Å². The van der Waals surface area contributed by atoms with Crippen LogP contribution in [0.3, 0.4) is 0 Å². The van der Waals surface area contributed by atoms with Crippen LogP contribution in [0.4, 0.5) is 0 Å². The van der Waals surface area contributed by atoms with E-state index in [4.69, 9.17) is 13.9 Å². The SMILES string of the molecule is CNC(=O)[C@@H](NC(=O)c1ccc(-c2ccc(OCc3nc[nH]c3C)cn2)o1)C1CCOCC1. The molecule has 10 nitrogen and oxygen atoms in total. The van der Waals surface area contributed by atoms with Crippen LogP contribution < -0.4 is 15.4 Å². The van der Waals surface area contributed by atoms with Gasteiger partial charge >= 0.3 is 0 Å². The highest BCUT2D eigenvalue weighted by molar-refractivity contribution is 5.96. The van der Waals surface area contributed by atoms with Crippen LogP contribution in [0, 0.1) is 12.8 Å². The molecule has 1 saturated heterocycles. The molecule has 0 unspecified atom stereocenters. The minimum atomic E-state index is -0.646. The molecule has 10 heteroatoms. The minimum Gasteiger partial charge on any atom is -0.486 e. The number of nitrogens with zero attached hydrogens (tertiary/aromatic N) is 2. The number of amides is 2. The van der Waals surface area contributed by atoms with Crippen molar-refractivity contribution in [3.8, 4) is 17.2 Å². The Kier molecular flexibility index (Phi) is 7.04. The number of aromatic nitrogens is 3. The molecule has 3 aromatic heterocycles. The topological polar surface area (TPSA) is 131 Å². The fourth-order valence-electron chi connectivity index (χ4n) is 3.71. The number of aryl methyl sites for hydroxylation is 1. The molecule has 1 atom stereocenters. The van der Waals surface area contributed by atoms with Crippen LogP contribution >= 0.6 is 0 Å². The molecule has 4 rings (SSSR count). The van der Waals surface area contributed by atoms with E-state index in [-0.39, 0.29) is 17.6 Å². The highest BCUT2D eigenvalue weighted by Crippen LogP contribution is 2.24. The molecular formula is C23H27N5O5. The molecule has 3 N–H and O–H groups in total. The number of nitrogens with one attached hydrogen (secondary N) is 3. The van der Waals surface area contributed by atoms with Gasteiger partial charge in [-0.3, -0.25) is 9.59 Å². The molecule has 0 saturated carbocycles. The summed E-state index contributed by atoms with van der Waals surface area (Å²) < 4.78 is 16.8. The van der Waals surface area contributed by atoms with Gasteiger partial charge in [-0.15, -0.1) is 0 Å². The lowest BCUT2D eigenvalue weighted by molar-refractivity contribution is -0.124. The van der Waals surface area contributed by atoms with Gasteiger partial charge in [0.2, 0.25) is 5.91 Å². The van der Waals surface area contributed by atoms with E-state index in [1.54, 1.807) is 43.8 Å². The molecule has 1 aliphatic heterocycles. The van der Waals surface area contributed by atoms with Crippen LogP contribution in [-0.2, 0) is 16.1 Å². The fourth-order valence-corrected chi connectivity index (χ4v) is 3.71. The molecule has 0 spiro atoms. The number of H-pyrrole nitrogens is 1. The number of aromatic amines is 1. The van der Waals surface area contributed by atoms with Gasteiger partial charge in [-0.1, -0.05) is 0 Å². The van der Waals surface area contributed by atoms with E-state index >= 15 is 0 Å². The Morgan fingerprint density at radius 2 is 2.03 bits per heavy atom. The van der Waals surface area contributed by atoms with E-state index in [1.165, 1.54) is 0 Å². The molecule has 33 heavy (non-hydrogen) atoms. The Bertz CT molecular complexity index is 1080. The Morgan fingerprint density at radius 1 is 1.21 bits per heavy atom. The smallest absolute Gasteiger partial charge is 0.287 e. The minimum absolute atomic E-state index is 0.0107. The van der Waals surface area contributed by atoms with Gasteiger partial charge in [-0.25, -0.2) is 9.97 Å². The van der Waals surface area contributed by atoms with Crippen molar-refractivity contribution in [3.05, 3.63) is 53.9 Å². The quantitative estimate of drug-likeness (QED) is 0.477. The average molecular weight is 453 g/mol. The number of furan rings is 1. The van der Waals surface area contributed by atoms with E-state index in [0.717, 1.165) is 11.4 Å². The van der Waals surface area contributed by atoms with Gasteiger partial charge in [-0.2, -0.15) is 0 Å². The number of likely N-dealkylation sites (N-methyl/N-ethyl adjacent to an activating group) is 1. The molecule has 1 aliphatic rings. The molecule has 0 aliphatic carbocycles. The van der Waals surface area contributed by atoms with Crippen LogP contribution in [-0.4, -0.2) is 53.1 Å². The van der Waals surface area contributed by atoms with Crippen LogP contribution in [0.15, 0.2) is 41.2 Å². The number of carbonyl (C=O) groups excluding carboxylic acids is 2. The molecule has 4 heterocycles. The predicted molar refractivity (Wildman–Crippen MR) is 118 cm³/mol. The maximum Gasteiger partial charge on any atom is 0.287 e. The van der Waals surface area contributed by atoms with E-state index < -0.39 is 11.9 Å². The first-order valence-electron chi connectivity index (χ1n) is 10.8. The van der Waals surface area contributed by atoms with E-state index in [2.05, 4.69) is 25.6 Å². The van der Waals surface area contributed by atoms with Gasteiger partial charge < -0.3 is 29.5 Å².